The summed E-state index contributed by atoms with van der Waals surface area (Å²) in [4.78, 5) is 14.7. The molecule has 2 atom stereocenters. The molecule has 1 fully saturated rings. The van der Waals surface area contributed by atoms with Crippen LogP contribution in [0.25, 0.3) is 0 Å². The first kappa shape index (κ1) is 17.1. The summed E-state index contributed by atoms with van der Waals surface area (Å²) in [6, 6.07) is 0.426. The number of carbonyl (C=O) groups excluding carboxylic acids is 1. The van der Waals surface area contributed by atoms with Gasteiger partial charge in [0.15, 0.2) is 8.68 Å². The fraction of sp³-hybridized carbons (Fsp3) is 0.786. The molecule has 2 rings (SSSR count). The third-order valence-electron chi connectivity index (χ3n) is 3.66. The lowest BCUT2D eigenvalue weighted by molar-refractivity contribution is -0.134. The molecule has 4 nitrogen and oxygen atoms in total. The number of nitrogens with zero attached hydrogens (tertiary/aromatic N) is 3. The molecule has 0 aromatic carbocycles. The van der Waals surface area contributed by atoms with Crippen molar-refractivity contribution in [2.45, 2.75) is 66.4 Å². The zero-order valence-electron chi connectivity index (χ0n) is 12.9. The Labute approximate surface area is 139 Å². The lowest BCUT2D eigenvalue weighted by Crippen LogP contribution is -2.46. The Morgan fingerprint density at radius 1 is 1.38 bits per heavy atom. The maximum absolute atomic E-state index is 12.7. The van der Waals surface area contributed by atoms with E-state index in [9.17, 15) is 4.79 Å². The highest BCUT2D eigenvalue weighted by Gasteiger charge is 2.29. The first-order valence-corrected chi connectivity index (χ1v) is 10.3. The van der Waals surface area contributed by atoms with Gasteiger partial charge in [-0.25, -0.2) is 0 Å². The average molecular weight is 346 g/mol. The Morgan fingerprint density at radius 2 is 2.14 bits per heavy atom. The van der Waals surface area contributed by atoms with Crippen LogP contribution in [-0.2, 0) is 4.79 Å². The highest BCUT2D eigenvalue weighted by Crippen LogP contribution is 2.32. The molecular weight excluding hydrogens is 322 g/mol. The molecule has 2 unspecified atom stereocenters. The summed E-state index contributed by atoms with van der Waals surface area (Å²) in [7, 11) is 0. The van der Waals surface area contributed by atoms with Crippen LogP contribution in [-0.4, -0.2) is 44.6 Å². The maximum atomic E-state index is 12.7. The molecule has 7 heteroatoms. The molecule has 0 bridgehead atoms. The van der Waals surface area contributed by atoms with E-state index in [4.69, 9.17) is 0 Å². The van der Waals surface area contributed by atoms with E-state index in [2.05, 4.69) is 28.9 Å². The summed E-state index contributed by atoms with van der Waals surface area (Å²) >= 11 is 4.83. The number of hydrogen-bond acceptors (Lipinski definition) is 6. The SMILES string of the molecule is CCSc1nnc(SC(C)C(=O)N2CCCCC2CC)s1. The Balaban J connectivity index is 1.94. The van der Waals surface area contributed by atoms with E-state index in [1.165, 1.54) is 6.42 Å². The summed E-state index contributed by atoms with van der Waals surface area (Å²) in [6.07, 6.45) is 4.59. The van der Waals surface area contributed by atoms with Crippen LogP contribution in [0.2, 0.25) is 0 Å². The van der Waals surface area contributed by atoms with E-state index in [-0.39, 0.29) is 11.2 Å². The quantitative estimate of drug-likeness (QED) is 0.731. The number of hydrogen-bond donors (Lipinski definition) is 0. The number of likely N-dealkylation sites (tertiary alicyclic amines) is 1. The molecule has 0 N–H and O–H groups in total. The minimum absolute atomic E-state index is 0.0791. The van der Waals surface area contributed by atoms with E-state index in [1.54, 1.807) is 34.9 Å². The zero-order valence-corrected chi connectivity index (χ0v) is 15.3. The molecule has 0 aliphatic carbocycles. The third kappa shape index (κ3) is 4.60. The number of rotatable bonds is 6. The molecule has 1 amide bonds. The first-order chi connectivity index (χ1) is 10.2. The van der Waals surface area contributed by atoms with Gasteiger partial charge in [-0.1, -0.05) is 48.7 Å². The lowest BCUT2D eigenvalue weighted by atomic mass is 10.00. The van der Waals surface area contributed by atoms with Crippen molar-refractivity contribution >= 4 is 40.8 Å². The standard InChI is InChI=1S/C14H23N3OS3/c1-4-11-8-6-7-9-17(11)12(18)10(3)20-14-16-15-13(21-14)19-5-2/h10-11H,4-9H2,1-3H3. The Hall–Kier alpha value is -0.270. The maximum Gasteiger partial charge on any atom is 0.236 e. The summed E-state index contributed by atoms with van der Waals surface area (Å²) < 4.78 is 1.89. The van der Waals surface area contributed by atoms with Crippen LogP contribution in [0.5, 0.6) is 0 Å². The third-order valence-corrected chi connectivity index (χ3v) is 6.77. The smallest absolute Gasteiger partial charge is 0.236 e. The van der Waals surface area contributed by atoms with E-state index in [0.29, 0.717) is 6.04 Å². The Kier molecular flexibility index (Phi) is 6.82. The molecular formula is C14H23N3OS3. The number of thioether (sulfide) groups is 2. The van der Waals surface area contributed by atoms with Gasteiger partial charge in [-0.3, -0.25) is 4.79 Å². The molecule has 1 aromatic rings. The minimum atomic E-state index is -0.0791. The molecule has 1 aliphatic heterocycles. The minimum Gasteiger partial charge on any atom is -0.339 e. The van der Waals surface area contributed by atoms with Crippen molar-refractivity contribution < 1.29 is 4.79 Å². The average Bonchev–Trinajstić information content (AvgIpc) is 2.94. The van der Waals surface area contributed by atoms with Gasteiger partial charge >= 0.3 is 0 Å². The predicted octanol–water partition coefficient (Wildman–Crippen LogP) is 3.92. The van der Waals surface area contributed by atoms with Crippen molar-refractivity contribution in [3.63, 3.8) is 0 Å². The van der Waals surface area contributed by atoms with Crippen LogP contribution in [0.4, 0.5) is 0 Å². The van der Waals surface area contributed by atoms with Gasteiger partial charge in [0.05, 0.1) is 5.25 Å². The van der Waals surface area contributed by atoms with Crippen LogP contribution in [0, 0.1) is 0 Å². The van der Waals surface area contributed by atoms with E-state index in [0.717, 1.165) is 40.2 Å². The van der Waals surface area contributed by atoms with Crippen LogP contribution >= 0.6 is 34.9 Å². The van der Waals surface area contributed by atoms with Gasteiger partial charge in [-0.05, 0) is 38.4 Å². The normalized spacial score (nSPS) is 20.5. The second kappa shape index (κ2) is 8.39. The number of piperidine rings is 1. The van der Waals surface area contributed by atoms with Crippen LogP contribution in [0.15, 0.2) is 8.68 Å². The van der Waals surface area contributed by atoms with Crippen molar-refractivity contribution in [3.8, 4) is 0 Å². The Morgan fingerprint density at radius 3 is 2.86 bits per heavy atom. The van der Waals surface area contributed by atoms with Gasteiger partial charge in [-0.2, -0.15) is 0 Å². The van der Waals surface area contributed by atoms with E-state index >= 15 is 0 Å². The fourth-order valence-corrected chi connectivity index (χ4v) is 5.71. The van der Waals surface area contributed by atoms with Crippen molar-refractivity contribution in [1.29, 1.82) is 0 Å². The van der Waals surface area contributed by atoms with Crippen molar-refractivity contribution in [2.75, 3.05) is 12.3 Å². The first-order valence-electron chi connectivity index (χ1n) is 7.59. The summed E-state index contributed by atoms with van der Waals surface area (Å²) in [5.41, 5.74) is 0. The van der Waals surface area contributed by atoms with Gasteiger partial charge in [-0.15, -0.1) is 10.2 Å². The van der Waals surface area contributed by atoms with Gasteiger partial charge in [0.2, 0.25) is 5.91 Å². The second-order valence-corrected chi connectivity index (χ2v) is 9.19. The lowest BCUT2D eigenvalue weighted by Gasteiger charge is -2.36. The van der Waals surface area contributed by atoms with Gasteiger partial charge in [0, 0.05) is 12.6 Å². The molecule has 1 saturated heterocycles. The molecule has 1 aromatic heterocycles. The van der Waals surface area contributed by atoms with Crippen molar-refractivity contribution in [1.82, 2.24) is 15.1 Å². The van der Waals surface area contributed by atoms with Crippen LogP contribution in [0.3, 0.4) is 0 Å². The predicted molar refractivity (Wildman–Crippen MR) is 91.3 cm³/mol. The molecule has 21 heavy (non-hydrogen) atoms. The van der Waals surface area contributed by atoms with E-state index < -0.39 is 0 Å². The number of amides is 1. The van der Waals surface area contributed by atoms with Crippen molar-refractivity contribution in [2.24, 2.45) is 0 Å². The summed E-state index contributed by atoms with van der Waals surface area (Å²) in [5, 5.41) is 8.25. The van der Waals surface area contributed by atoms with E-state index in [1.807, 2.05) is 6.92 Å². The molecule has 0 saturated carbocycles. The summed E-state index contributed by atoms with van der Waals surface area (Å²) in [6.45, 7) is 7.18. The Bertz CT molecular complexity index is 466. The molecule has 0 spiro atoms. The molecule has 1 aliphatic rings. The topological polar surface area (TPSA) is 46.1 Å². The zero-order chi connectivity index (χ0) is 15.2. The van der Waals surface area contributed by atoms with Gasteiger partial charge < -0.3 is 4.90 Å². The molecule has 118 valence electrons. The van der Waals surface area contributed by atoms with Gasteiger partial charge in [0.25, 0.3) is 0 Å². The monoisotopic (exact) mass is 345 g/mol. The van der Waals surface area contributed by atoms with Crippen LogP contribution in [0.1, 0.15) is 46.5 Å². The number of carbonyl (C=O) groups is 1. The van der Waals surface area contributed by atoms with Crippen molar-refractivity contribution in [3.05, 3.63) is 0 Å². The second-order valence-electron chi connectivity index (χ2n) is 5.12. The highest BCUT2D eigenvalue weighted by atomic mass is 32.2. The molecule has 0 radical (unpaired) electrons. The highest BCUT2D eigenvalue weighted by molar-refractivity contribution is 8.03. The van der Waals surface area contributed by atoms with Crippen LogP contribution < -0.4 is 0 Å². The molecule has 2 heterocycles. The van der Waals surface area contributed by atoms with Gasteiger partial charge in [0.1, 0.15) is 0 Å². The number of aromatic nitrogens is 2. The summed E-state index contributed by atoms with van der Waals surface area (Å²) in [5.74, 6) is 1.26. The largest absolute Gasteiger partial charge is 0.339 e. The fourth-order valence-electron chi connectivity index (χ4n) is 2.58.